The molecule has 1 N–H and O–H groups in total. The number of sulfonamides is 1. The maximum atomic E-state index is 11.9. The molecule has 0 aromatic carbocycles. The van der Waals surface area contributed by atoms with Gasteiger partial charge >= 0.3 is 0 Å². The van der Waals surface area contributed by atoms with Crippen molar-refractivity contribution < 1.29 is 8.42 Å². The highest BCUT2D eigenvalue weighted by atomic mass is 35.5. The molecule has 0 aliphatic rings. The molecule has 0 bridgehead atoms. The molecule has 0 saturated carbocycles. The van der Waals surface area contributed by atoms with Crippen molar-refractivity contribution in [3.8, 4) is 0 Å². The molecule has 0 fully saturated rings. The lowest BCUT2D eigenvalue weighted by Crippen LogP contribution is -2.14. The van der Waals surface area contributed by atoms with E-state index in [4.69, 9.17) is 23.2 Å². The van der Waals surface area contributed by atoms with E-state index in [1.807, 2.05) is 0 Å². The Morgan fingerprint density at radius 1 is 1.00 bits per heavy atom. The first-order valence-corrected chi connectivity index (χ1v) is 6.83. The summed E-state index contributed by atoms with van der Waals surface area (Å²) >= 11 is 11.1. The number of halogens is 2. The van der Waals surface area contributed by atoms with Gasteiger partial charge in [-0.1, -0.05) is 11.6 Å². The standard InChI is InChI=1S/C9H6Cl2N4O2S/c10-6-1-2-8(12-3-6)15-18(16,17)7-4-13-9(11)14-5-7/h1-5H,(H,12,15). The van der Waals surface area contributed by atoms with Crippen LogP contribution in [-0.2, 0) is 10.0 Å². The molecule has 0 aliphatic heterocycles. The van der Waals surface area contributed by atoms with E-state index in [-0.39, 0.29) is 16.0 Å². The van der Waals surface area contributed by atoms with E-state index in [2.05, 4.69) is 19.7 Å². The second-order valence-electron chi connectivity index (χ2n) is 3.15. The molecule has 0 unspecified atom stereocenters. The van der Waals surface area contributed by atoms with Crippen LogP contribution in [0, 0.1) is 0 Å². The van der Waals surface area contributed by atoms with Crippen molar-refractivity contribution in [1.29, 1.82) is 0 Å². The fourth-order valence-electron chi connectivity index (χ4n) is 1.07. The second kappa shape index (κ2) is 5.05. The van der Waals surface area contributed by atoms with Crippen LogP contribution in [0.5, 0.6) is 0 Å². The summed E-state index contributed by atoms with van der Waals surface area (Å²) in [6.07, 6.45) is 3.54. The molecule has 6 nitrogen and oxygen atoms in total. The Balaban J connectivity index is 2.27. The third-order valence-electron chi connectivity index (χ3n) is 1.87. The summed E-state index contributed by atoms with van der Waals surface area (Å²) in [5, 5.41) is 0.381. The molecule has 0 saturated heterocycles. The highest BCUT2D eigenvalue weighted by molar-refractivity contribution is 7.92. The third-order valence-corrected chi connectivity index (χ3v) is 3.60. The fourth-order valence-corrected chi connectivity index (χ4v) is 2.18. The van der Waals surface area contributed by atoms with E-state index in [1.165, 1.54) is 18.3 Å². The molecule has 2 aromatic rings. The zero-order valence-electron chi connectivity index (χ0n) is 8.71. The van der Waals surface area contributed by atoms with Gasteiger partial charge in [-0.15, -0.1) is 0 Å². The highest BCUT2D eigenvalue weighted by Gasteiger charge is 2.15. The molecule has 2 aromatic heterocycles. The van der Waals surface area contributed by atoms with Gasteiger partial charge < -0.3 is 0 Å². The SMILES string of the molecule is O=S(=O)(Nc1ccc(Cl)cn1)c1cnc(Cl)nc1. The van der Waals surface area contributed by atoms with Gasteiger partial charge in [0.25, 0.3) is 10.0 Å². The number of nitrogens with zero attached hydrogens (tertiary/aromatic N) is 3. The van der Waals surface area contributed by atoms with Crippen molar-refractivity contribution in [1.82, 2.24) is 15.0 Å². The number of anilines is 1. The summed E-state index contributed by atoms with van der Waals surface area (Å²) in [5.74, 6) is 0.148. The van der Waals surface area contributed by atoms with Gasteiger partial charge in [-0.2, -0.15) is 0 Å². The quantitative estimate of drug-likeness (QED) is 0.876. The Kier molecular flexibility index (Phi) is 3.65. The van der Waals surface area contributed by atoms with Crippen LogP contribution in [0.15, 0.2) is 35.6 Å². The average Bonchev–Trinajstić information content (AvgIpc) is 2.32. The maximum absolute atomic E-state index is 11.9. The Morgan fingerprint density at radius 2 is 1.67 bits per heavy atom. The fraction of sp³-hybridized carbons (Fsp3) is 0. The largest absolute Gasteiger partial charge is 0.266 e. The lowest BCUT2D eigenvalue weighted by Gasteiger charge is -2.06. The van der Waals surface area contributed by atoms with Gasteiger partial charge in [0.05, 0.1) is 17.4 Å². The van der Waals surface area contributed by atoms with Gasteiger partial charge in [-0.3, -0.25) is 4.72 Å². The molecule has 2 rings (SSSR count). The van der Waals surface area contributed by atoms with Crippen LogP contribution in [0.2, 0.25) is 10.3 Å². The zero-order chi connectivity index (χ0) is 13.2. The minimum absolute atomic E-state index is 0.0291. The summed E-state index contributed by atoms with van der Waals surface area (Å²) < 4.78 is 26.0. The van der Waals surface area contributed by atoms with E-state index < -0.39 is 10.0 Å². The van der Waals surface area contributed by atoms with E-state index in [0.717, 1.165) is 12.4 Å². The molecule has 0 radical (unpaired) electrons. The van der Waals surface area contributed by atoms with Crippen LogP contribution in [0.25, 0.3) is 0 Å². The number of pyridine rings is 1. The minimum atomic E-state index is -3.78. The van der Waals surface area contributed by atoms with Gasteiger partial charge in [0.15, 0.2) is 0 Å². The molecule has 0 amide bonds. The average molecular weight is 305 g/mol. The van der Waals surface area contributed by atoms with Gasteiger partial charge in [0.1, 0.15) is 10.7 Å². The van der Waals surface area contributed by atoms with Crippen LogP contribution < -0.4 is 4.72 Å². The first-order valence-electron chi connectivity index (χ1n) is 4.59. The van der Waals surface area contributed by atoms with E-state index in [1.54, 1.807) is 0 Å². The first-order chi connectivity index (χ1) is 8.47. The lowest BCUT2D eigenvalue weighted by atomic mass is 10.5. The summed E-state index contributed by atoms with van der Waals surface area (Å²) in [7, 11) is -3.78. The molecule has 0 spiro atoms. The van der Waals surface area contributed by atoms with Crippen LogP contribution in [-0.4, -0.2) is 23.4 Å². The maximum Gasteiger partial charge on any atom is 0.266 e. The van der Waals surface area contributed by atoms with E-state index in [0.29, 0.717) is 5.02 Å². The number of nitrogens with one attached hydrogen (secondary N) is 1. The minimum Gasteiger partial charge on any atom is -0.263 e. The summed E-state index contributed by atoms with van der Waals surface area (Å²) in [4.78, 5) is 10.9. The predicted molar refractivity (Wildman–Crippen MR) is 67.1 cm³/mol. The summed E-state index contributed by atoms with van der Waals surface area (Å²) in [6.45, 7) is 0. The van der Waals surface area contributed by atoms with Crippen LogP contribution >= 0.6 is 23.2 Å². The lowest BCUT2D eigenvalue weighted by molar-refractivity contribution is 0.600. The number of rotatable bonds is 3. The Morgan fingerprint density at radius 3 is 2.22 bits per heavy atom. The number of aromatic nitrogens is 3. The van der Waals surface area contributed by atoms with Crippen molar-refractivity contribution in [2.45, 2.75) is 4.90 Å². The van der Waals surface area contributed by atoms with Crippen molar-refractivity contribution >= 4 is 39.0 Å². The predicted octanol–water partition coefficient (Wildman–Crippen LogP) is 1.98. The van der Waals surface area contributed by atoms with E-state index in [9.17, 15) is 8.42 Å². The third kappa shape index (κ3) is 3.06. The van der Waals surface area contributed by atoms with Crippen molar-refractivity contribution in [3.05, 3.63) is 41.0 Å². The molecule has 0 atom stereocenters. The Labute approximate surface area is 113 Å². The normalized spacial score (nSPS) is 11.2. The number of hydrogen-bond donors (Lipinski definition) is 1. The second-order valence-corrected chi connectivity index (χ2v) is 5.61. The van der Waals surface area contributed by atoms with Crippen LogP contribution in [0.1, 0.15) is 0 Å². The molecule has 0 aliphatic carbocycles. The summed E-state index contributed by atoms with van der Waals surface area (Å²) in [5.41, 5.74) is 0. The van der Waals surface area contributed by atoms with Crippen molar-refractivity contribution in [3.63, 3.8) is 0 Å². The van der Waals surface area contributed by atoms with Gasteiger partial charge in [-0.25, -0.2) is 23.4 Å². The Hall–Kier alpha value is -1.44. The van der Waals surface area contributed by atoms with E-state index >= 15 is 0 Å². The molecular formula is C9H6Cl2N4O2S. The number of hydrogen-bond acceptors (Lipinski definition) is 5. The smallest absolute Gasteiger partial charge is 0.263 e. The zero-order valence-corrected chi connectivity index (χ0v) is 11.0. The Bertz CT molecular complexity index is 643. The van der Waals surface area contributed by atoms with Gasteiger partial charge in [0.2, 0.25) is 5.28 Å². The monoisotopic (exact) mass is 304 g/mol. The molecule has 18 heavy (non-hydrogen) atoms. The van der Waals surface area contributed by atoms with Gasteiger partial charge in [-0.05, 0) is 23.7 Å². The molecule has 2 heterocycles. The topological polar surface area (TPSA) is 84.8 Å². The van der Waals surface area contributed by atoms with Crippen molar-refractivity contribution in [2.75, 3.05) is 4.72 Å². The highest BCUT2D eigenvalue weighted by Crippen LogP contribution is 2.15. The van der Waals surface area contributed by atoms with Crippen LogP contribution in [0.3, 0.4) is 0 Å². The molecular weight excluding hydrogens is 299 g/mol. The van der Waals surface area contributed by atoms with Crippen LogP contribution in [0.4, 0.5) is 5.82 Å². The molecule has 9 heteroatoms. The van der Waals surface area contributed by atoms with Gasteiger partial charge in [0, 0.05) is 6.20 Å². The first kappa shape index (κ1) is 13.0. The summed E-state index contributed by atoms with van der Waals surface area (Å²) in [6, 6.07) is 2.96. The molecule has 94 valence electrons. The van der Waals surface area contributed by atoms with Crippen molar-refractivity contribution in [2.24, 2.45) is 0 Å².